The van der Waals surface area contributed by atoms with Gasteiger partial charge in [0.1, 0.15) is 0 Å². The Morgan fingerprint density at radius 3 is 2.79 bits per heavy atom. The topological polar surface area (TPSA) is 57.3 Å². The van der Waals surface area contributed by atoms with Gasteiger partial charge in [-0.3, -0.25) is 9.78 Å². The Balaban J connectivity index is 1.57. The maximum atomic E-state index is 11.7. The maximum Gasteiger partial charge on any atom is 0.221 e. The lowest BCUT2D eigenvalue weighted by atomic mass is 10.2. The Hall–Kier alpha value is -1.46. The number of nitrogens with one attached hydrogen (secondary N) is 2. The highest BCUT2D eigenvalue weighted by atomic mass is 16.1. The fraction of sp³-hybridized carbons (Fsp3) is 0.571. The summed E-state index contributed by atoms with van der Waals surface area (Å²) in [7, 11) is 0. The number of carbonyl (C=O) groups is 1. The predicted molar refractivity (Wildman–Crippen MR) is 74.9 cm³/mol. The molecule has 1 saturated heterocycles. The predicted octanol–water partition coefficient (Wildman–Crippen LogP) is 0.0356. The molecule has 1 amide bonds. The fourth-order valence-electron chi connectivity index (χ4n) is 2.18. The number of nitrogens with zero attached hydrogens (tertiary/aromatic N) is 2. The maximum absolute atomic E-state index is 11.7. The molecule has 1 aliphatic heterocycles. The van der Waals surface area contributed by atoms with Gasteiger partial charge >= 0.3 is 0 Å². The van der Waals surface area contributed by atoms with Gasteiger partial charge in [0.15, 0.2) is 0 Å². The van der Waals surface area contributed by atoms with Crippen LogP contribution in [0.4, 0.5) is 0 Å². The van der Waals surface area contributed by atoms with Gasteiger partial charge in [-0.15, -0.1) is 0 Å². The van der Waals surface area contributed by atoms with Crippen LogP contribution in [0.15, 0.2) is 24.5 Å². The number of rotatable bonds is 6. The van der Waals surface area contributed by atoms with E-state index in [2.05, 4.69) is 20.5 Å². The summed E-state index contributed by atoms with van der Waals surface area (Å²) in [6.07, 6.45) is 5.02. The average Bonchev–Trinajstić information content (AvgIpc) is 2.47. The van der Waals surface area contributed by atoms with E-state index >= 15 is 0 Å². The van der Waals surface area contributed by atoms with Crippen LogP contribution in [0.1, 0.15) is 12.0 Å². The smallest absolute Gasteiger partial charge is 0.221 e. The lowest BCUT2D eigenvalue weighted by molar-refractivity contribution is -0.121. The summed E-state index contributed by atoms with van der Waals surface area (Å²) in [5.74, 6) is 0.146. The third-order valence-corrected chi connectivity index (χ3v) is 3.35. The average molecular weight is 262 g/mol. The van der Waals surface area contributed by atoms with Crippen molar-refractivity contribution < 1.29 is 4.79 Å². The second kappa shape index (κ2) is 7.86. The van der Waals surface area contributed by atoms with Crippen molar-refractivity contribution in [2.24, 2.45) is 0 Å². The molecule has 0 spiro atoms. The van der Waals surface area contributed by atoms with E-state index in [0.717, 1.165) is 39.1 Å². The van der Waals surface area contributed by atoms with Crippen molar-refractivity contribution in [3.8, 4) is 0 Å². The highest BCUT2D eigenvalue weighted by Crippen LogP contribution is 1.97. The van der Waals surface area contributed by atoms with Crippen molar-refractivity contribution in [2.45, 2.75) is 12.8 Å². The largest absolute Gasteiger partial charge is 0.356 e. The molecule has 0 saturated carbocycles. The van der Waals surface area contributed by atoms with Crippen molar-refractivity contribution in [3.05, 3.63) is 30.1 Å². The molecular weight excluding hydrogens is 240 g/mol. The number of pyridine rings is 1. The van der Waals surface area contributed by atoms with Gasteiger partial charge < -0.3 is 15.5 Å². The molecule has 0 aliphatic carbocycles. The summed E-state index contributed by atoms with van der Waals surface area (Å²) in [4.78, 5) is 18.0. The third-order valence-electron chi connectivity index (χ3n) is 3.35. The van der Waals surface area contributed by atoms with Crippen molar-refractivity contribution in [3.63, 3.8) is 0 Å². The molecule has 0 atom stereocenters. The number of piperazine rings is 1. The van der Waals surface area contributed by atoms with E-state index in [1.54, 1.807) is 12.4 Å². The van der Waals surface area contributed by atoms with Crippen molar-refractivity contribution in [1.29, 1.82) is 0 Å². The second-order valence-corrected chi connectivity index (χ2v) is 4.80. The first-order chi connectivity index (χ1) is 9.34. The van der Waals surface area contributed by atoms with Crippen LogP contribution in [-0.4, -0.2) is 55.1 Å². The van der Waals surface area contributed by atoms with Gasteiger partial charge in [0, 0.05) is 58.1 Å². The highest BCUT2D eigenvalue weighted by molar-refractivity contribution is 5.76. The molecule has 0 unspecified atom stereocenters. The molecule has 2 heterocycles. The molecule has 19 heavy (non-hydrogen) atoms. The van der Waals surface area contributed by atoms with Gasteiger partial charge in [0.2, 0.25) is 5.91 Å². The zero-order chi connectivity index (χ0) is 13.3. The molecule has 1 aromatic rings. The number of aromatic nitrogens is 1. The van der Waals surface area contributed by atoms with E-state index < -0.39 is 0 Å². The minimum Gasteiger partial charge on any atom is -0.356 e. The van der Waals surface area contributed by atoms with Gasteiger partial charge in [0.25, 0.3) is 0 Å². The molecule has 5 nitrogen and oxygen atoms in total. The van der Waals surface area contributed by atoms with Crippen LogP contribution in [0.5, 0.6) is 0 Å². The minimum absolute atomic E-state index is 0.146. The Bertz CT molecular complexity index is 376. The lowest BCUT2D eigenvalue weighted by Gasteiger charge is -2.26. The number of carbonyl (C=O) groups excluding carboxylic acids is 1. The second-order valence-electron chi connectivity index (χ2n) is 4.80. The summed E-state index contributed by atoms with van der Waals surface area (Å²) in [6.45, 7) is 5.72. The number of hydrogen-bond donors (Lipinski definition) is 2. The van der Waals surface area contributed by atoms with Crippen LogP contribution >= 0.6 is 0 Å². The zero-order valence-corrected chi connectivity index (χ0v) is 11.3. The van der Waals surface area contributed by atoms with Gasteiger partial charge in [-0.1, -0.05) is 0 Å². The molecule has 0 aromatic carbocycles. The third kappa shape index (κ3) is 5.36. The van der Waals surface area contributed by atoms with E-state index in [9.17, 15) is 4.79 Å². The molecule has 0 radical (unpaired) electrons. The Kier molecular flexibility index (Phi) is 5.78. The van der Waals surface area contributed by atoms with E-state index in [4.69, 9.17) is 0 Å². The molecular formula is C14H22N4O. The molecule has 1 fully saturated rings. The monoisotopic (exact) mass is 262 g/mol. The summed E-state index contributed by atoms with van der Waals surface area (Å²) < 4.78 is 0. The Labute approximate surface area is 114 Å². The van der Waals surface area contributed by atoms with Crippen LogP contribution in [0.25, 0.3) is 0 Å². The van der Waals surface area contributed by atoms with Crippen molar-refractivity contribution in [1.82, 2.24) is 20.5 Å². The first kappa shape index (κ1) is 14.0. The standard InChI is InChI=1S/C14H22N4O/c19-14(4-10-18-11-8-16-9-12-18)17-7-3-13-1-5-15-6-2-13/h1-2,5-6,16H,3-4,7-12H2,(H,17,19). The van der Waals surface area contributed by atoms with E-state index in [1.165, 1.54) is 5.56 Å². The lowest BCUT2D eigenvalue weighted by Crippen LogP contribution is -2.44. The van der Waals surface area contributed by atoms with Crippen molar-refractivity contribution >= 4 is 5.91 Å². The molecule has 104 valence electrons. The van der Waals surface area contributed by atoms with Crippen LogP contribution in [0.2, 0.25) is 0 Å². The van der Waals surface area contributed by atoms with E-state index in [1.807, 2.05) is 12.1 Å². The van der Waals surface area contributed by atoms with E-state index in [0.29, 0.717) is 13.0 Å². The van der Waals surface area contributed by atoms with Crippen LogP contribution in [0, 0.1) is 0 Å². The van der Waals surface area contributed by atoms with Crippen molar-refractivity contribution in [2.75, 3.05) is 39.3 Å². The minimum atomic E-state index is 0.146. The van der Waals surface area contributed by atoms with Crippen LogP contribution < -0.4 is 10.6 Å². The summed E-state index contributed by atoms with van der Waals surface area (Å²) in [5, 5.41) is 6.28. The molecule has 2 rings (SSSR count). The quantitative estimate of drug-likeness (QED) is 0.760. The first-order valence-electron chi connectivity index (χ1n) is 6.93. The van der Waals surface area contributed by atoms with E-state index in [-0.39, 0.29) is 5.91 Å². The van der Waals surface area contributed by atoms with Gasteiger partial charge in [-0.05, 0) is 24.1 Å². The van der Waals surface area contributed by atoms with Crippen LogP contribution in [0.3, 0.4) is 0 Å². The normalized spacial score (nSPS) is 16.2. The first-order valence-corrected chi connectivity index (χ1v) is 6.93. The molecule has 1 aromatic heterocycles. The highest BCUT2D eigenvalue weighted by Gasteiger charge is 2.10. The summed E-state index contributed by atoms with van der Waals surface area (Å²) >= 11 is 0. The zero-order valence-electron chi connectivity index (χ0n) is 11.3. The molecule has 1 aliphatic rings. The van der Waals surface area contributed by atoms with Gasteiger partial charge in [-0.2, -0.15) is 0 Å². The fourth-order valence-corrected chi connectivity index (χ4v) is 2.18. The molecule has 2 N–H and O–H groups in total. The SMILES string of the molecule is O=C(CCN1CCNCC1)NCCc1ccncc1. The molecule has 0 bridgehead atoms. The Morgan fingerprint density at radius 1 is 1.32 bits per heavy atom. The summed E-state index contributed by atoms with van der Waals surface area (Å²) in [5.41, 5.74) is 1.21. The van der Waals surface area contributed by atoms with Crippen LogP contribution in [-0.2, 0) is 11.2 Å². The van der Waals surface area contributed by atoms with Gasteiger partial charge in [0.05, 0.1) is 0 Å². The number of amides is 1. The number of hydrogen-bond acceptors (Lipinski definition) is 4. The summed E-state index contributed by atoms with van der Waals surface area (Å²) in [6, 6.07) is 3.96. The van der Waals surface area contributed by atoms with Gasteiger partial charge in [-0.25, -0.2) is 0 Å². The Morgan fingerprint density at radius 2 is 2.05 bits per heavy atom. The molecule has 5 heteroatoms.